The van der Waals surface area contributed by atoms with E-state index in [9.17, 15) is 19.2 Å². The van der Waals surface area contributed by atoms with Gasteiger partial charge in [-0.2, -0.15) is 15.2 Å². The maximum Gasteiger partial charge on any atom is 0.318 e. The molecule has 0 radical (unpaired) electrons. The molecule has 11 heteroatoms. The zero-order chi connectivity index (χ0) is 30.3. The Balaban J connectivity index is 1.37. The molecule has 4 heterocycles. The lowest BCUT2D eigenvalue weighted by molar-refractivity contribution is -0.129. The lowest BCUT2D eigenvalue weighted by Gasteiger charge is -2.44. The number of piperazine rings is 1. The molecule has 4 aliphatic rings. The summed E-state index contributed by atoms with van der Waals surface area (Å²) >= 11 is 0. The molecule has 6 rings (SSSR count). The van der Waals surface area contributed by atoms with Crippen LogP contribution in [0.1, 0.15) is 49.4 Å². The number of alkyl halides is 1. The highest BCUT2D eigenvalue weighted by molar-refractivity contribution is 6.04. The third-order valence-electron chi connectivity index (χ3n) is 9.45. The van der Waals surface area contributed by atoms with E-state index < -0.39 is 11.6 Å². The molecule has 4 atom stereocenters. The van der Waals surface area contributed by atoms with E-state index in [0.29, 0.717) is 68.2 Å². The summed E-state index contributed by atoms with van der Waals surface area (Å²) in [6.45, 7) is 7.26. The molecule has 2 saturated heterocycles. The third-order valence-corrected chi connectivity index (χ3v) is 9.45. The SMILES string of the molecule is C=C(C)C(=O)N1CCN(c2nc(OC[C@@H]3C[C@@H](F)CN3C)nc3c2NC(=O)C2(CCCc4ccccc42)C3)C[C@@H]1CC#N. The Kier molecular flexibility index (Phi) is 7.81. The number of aryl methyl sites for hydroxylation is 1. The second-order valence-electron chi connectivity index (χ2n) is 12.4. The lowest BCUT2D eigenvalue weighted by atomic mass is 9.65. The number of aromatic nitrogens is 2. The maximum atomic E-state index is 14.0. The van der Waals surface area contributed by atoms with Crippen LogP contribution in [0.15, 0.2) is 36.4 Å². The molecule has 1 aromatic heterocycles. The summed E-state index contributed by atoms with van der Waals surface area (Å²) in [6.07, 6.45) is 2.59. The number of hydrogen-bond acceptors (Lipinski definition) is 8. The summed E-state index contributed by atoms with van der Waals surface area (Å²) in [5.74, 6) is 0.268. The second-order valence-corrected chi connectivity index (χ2v) is 12.4. The number of anilines is 2. The van der Waals surface area contributed by atoms with Crippen LogP contribution in [0.5, 0.6) is 6.01 Å². The van der Waals surface area contributed by atoms with E-state index in [1.54, 1.807) is 11.8 Å². The summed E-state index contributed by atoms with van der Waals surface area (Å²) in [4.78, 5) is 42.1. The van der Waals surface area contributed by atoms with Gasteiger partial charge in [0.2, 0.25) is 11.8 Å². The van der Waals surface area contributed by atoms with E-state index in [1.807, 2.05) is 35.0 Å². The van der Waals surface area contributed by atoms with Gasteiger partial charge in [-0.15, -0.1) is 0 Å². The Morgan fingerprint density at radius 2 is 2.07 bits per heavy atom. The molecule has 226 valence electrons. The number of halogens is 1. The van der Waals surface area contributed by atoms with Crippen molar-refractivity contribution in [2.75, 3.05) is 50.1 Å². The van der Waals surface area contributed by atoms with Gasteiger partial charge < -0.3 is 19.9 Å². The number of likely N-dealkylation sites (N-methyl/N-ethyl adjacent to an activating group) is 1. The Labute approximate surface area is 251 Å². The summed E-state index contributed by atoms with van der Waals surface area (Å²) in [6, 6.07) is 10.1. The predicted molar refractivity (Wildman–Crippen MR) is 160 cm³/mol. The van der Waals surface area contributed by atoms with Gasteiger partial charge in [0.25, 0.3) is 0 Å². The minimum absolute atomic E-state index is 0.0723. The van der Waals surface area contributed by atoms with Crippen LogP contribution in [0.4, 0.5) is 15.9 Å². The molecule has 1 spiro atoms. The van der Waals surface area contributed by atoms with E-state index >= 15 is 0 Å². The van der Waals surface area contributed by atoms with Crippen molar-refractivity contribution in [3.8, 4) is 12.1 Å². The monoisotopic (exact) mass is 587 g/mol. The topological polar surface area (TPSA) is 115 Å². The highest BCUT2D eigenvalue weighted by Gasteiger charge is 2.48. The number of nitrogens with zero attached hydrogens (tertiary/aromatic N) is 6. The highest BCUT2D eigenvalue weighted by atomic mass is 19.1. The van der Waals surface area contributed by atoms with Gasteiger partial charge in [0.15, 0.2) is 5.82 Å². The molecular weight excluding hydrogens is 549 g/mol. The van der Waals surface area contributed by atoms with Crippen molar-refractivity contribution in [2.45, 2.75) is 69.1 Å². The molecule has 2 fully saturated rings. The average Bonchev–Trinajstić information content (AvgIpc) is 3.32. The number of fused-ring (bicyclic) bond motifs is 3. The van der Waals surface area contributed by atoms with Crippen molar-refractivity contribution in [3.63, 3.8) is 0 Å². The first-order chi connectivity index (χ1) is 20.7. The van der Waals surface area contributed by atoms with E-state index in [1.165, 1.54) is 5.56 Å². The zero-order valence-corrected chi connectivity index (χ0v) is 24.8. The molecule has 1 unspecified atom stereocenters. The van der Waals surface area contributed by atoms with Gasteiger partial charge in [0, 0.05) is 44.2 Å². The Morgan fingerprint density at radius 3 is 2.81 bits per heavy atom. The minimum Gasteiger partial charge on any atom is -0.462 e. The van der Waals surface area contributed by atoms with Crippen molar-refractivity contribution in [3.05, 3.63) is 53.2 Å². The number of rotatable bonds is 6. The molecule has 3 aliphatic heterocycles. The largest absolute Gasteiger partial charge is 0.462 e. The molecule has 10 nitrogen and oxygen atoms in total. The van der Waals surface area contributed by atoms with Crippen molar-refractivity contribution in [2.24, 2.45) is 0 Å². The number of ether oxygens (including phenoxy) is 1. The molecule has 1 aromatic carbocycles. The van der Waals surface area contributed by atoms with E-state index in [4.69, 9.17) is 14.7 Å². The Hall–Kier alpha value is -4.04. The Bertz CT molecular complexity index is 1490. The number of carbonyl (C=O) groups excluding carboxylic acids is 2. The molecular formula is C32H38FN7O3. The van der Waals surface area contributed by atoms with Crippen molar-refractivity contribution in [1.82, 2.24) is 19.8 Å². The van der Waals surface area contributed by atoms with Crippen molar-refractivity contribution < 1.29 is 18.7 Å². The number of carbonyl (C=O) groups is 2. The number of nitriles is 1. The van der Waals surface area contributed by atoms with Crippen molar-refractivity contribution in [1.29, 1.82) is 5.26 Å². The van der Waals surface area contributed by atoms with E-state index in [2.05, 4.69) is 24.0 Å². The molecule has 2 amide bonds. The van der Waals surface area contributed by atoms with E-state index in [0.717, 1.165) is 18.4 Å². The van der Waals surface area contributed by atoms with Crippen LogP contribution < -0.4 is 15.0 Å². The van der Waals surface area contributed by atoms with Crippen LogP contribution in [0.25, 0.3) is 0 Å². The smallest absolute Gasteiger partial charge is 0.318 e. The van der Waals surface area contributed by atoms with Crippen molar-refractivity contribution >= 4 is 23.3 Å². The molecule has 0 saturated carbocycles. The standard InChI is InChI=1S/C32H38FN7O3/c1-20(2)29(41)40-14-13-39(18-23(40)10-12-34)28-27-26(35-31(37-28)43-19-24-15-22(33)17-38(24)3)16-32(30(42)36-27)11-6-8-21-7-4-5-9-25(21)32/h4-5,7,9,22-24H,1,6,8,10-11,13-19H2,2-3H3,(H,36,42)/t22-,23+,24+,32?/m1/s1. The number of nitrogens with one attached hydrogen (secondary N) is 1. The third kappa shape index (κ3) is 5.33. The molecule has 1 aliphatic carbocycles. The van der Waals surface area contributed by atoms with Crippen LogP contribution in [0, 0.1) is 11.3 Å². The number of benzene rings is 1. The first-order valence-electron chi connectivity index (χ1n) is 15.1. The van der Waals surface area contributed by atoms with Gasteiger partial charge >= 0.3 is 6.01 Å². The van der Waals surface area contributed by atoms with Crippen LogP contribution in [0.3, 0.4) is 0 Å². The maximum absolute atomic E-state index is 14.0. The Morgan fingerprint density at radius 1 is 1.26 bits per heavy atom. The first-order valence-corrected chi connectivity index (χ1v) is 15.1. The molecule has 1 N–H and O–H groups in total. The molecule has 0 bridgehead atoms. The fraction of sp³-hybridized carbons (Fsp3) is 0.531. The fourth-order valence-electron chi connectivity index (χ4n) is 7.18. The highest BCUT2D eigenvalue weighted by Crippen LogP contribution is 2.46. The quantitative estimate of drug-likeness (QED) is 0.513. The summed E-state index contributed by atoms with van der Waals surface area (Å²) in [7, 11) is 1.88. The van der Waals surface area contributed by atoms with Crippen LogP contribution in [-0.2, 0) is 27.8 Å². The van der Waals surface area contributed by atoms with Gasteiger partial charge in [0.05, 0.1) is 29.6 Å². The van der Waals surface area contributed by atoms with Crippen LogP contribution in [0.2, 0.25) is 0 Å². The van der Waals surface area contributed by atoms with Gasteiger partial charge in [-0.05, 0) is 50.8 Å². The van der Waals surface area contributed by atoms with Crippen LogP contribution in [-0.4, -0.2) is 89.7 Å². The van der Waals surface area contributed by atoms with Crippen LogP contribution >= 0.6 is 0 Å². The fourth-order valence-corrected chi connectivity index (χ4v) is 7.18. The first kappa shape index (κ1) is 29.1. The van der Waals surface area contributed by atoms with Gasteiger partial charge in [0.1, 0.15) is 18.5 Å². The van der Waals surface area contributed by atoms with Gasteiger partial charge in [-0.25, -0.2) is 4.39 Å². The second kappa shape index (κ2) is 11.6. The number of hydrogen-bond donors (Lipinski definition) is 1. The summed E-state index contributed by atoms with van der Waals surface area (Å²) in [5.41, 5.74) is 3.13. The predicted octanol–water partition coefficient (Wildman–Crippen LogP) is 3.17. The normalized spacial score (nSPS) is 26.8. The number of likely N-dealkylation sites (tertiary alicyclic amines) is 1. The van der Waals surface area contributed by atoms with Gasteiger partial charge in [-0.3, -0.25) is 14.5 Å². The van der Waals surface area contributed by atoms with E-state index in [-0.39, 0.29) is 42.9 Å². The summed E-state index contributed by atoms with van der Waals surface area (Å²) < 4.78 is 20.2. The minimum atomic E-state index is -0.893. The average molecular weight is 588 g/mol. The number of amides is 2. The molecule has 2 aromatic rings. The lowest BCUT2D eigenvalue weighted by Crippen LogP contribution is -2.56. The zero-order valence-electron chi connectivity index (χ0n) is 24.8. The summed E-state index contributed by atoms with van der Waals surface area (Å²) in [5, 5.41) is 12.7. The van der Waals surface area contributed by atoms with Gasteiger partial charge in [-0.1, -0.05) is 30.8 Å². The molecule has 43 heavy (non-hydrogen) atoms.